The van der Waals surface area contributed by atoms with E-state index in [0.29, 0.717) is 36.6 Å². The number of hydrogen-bond acceptors (Lipinski definition) is 4. The number of piperidine rings is 1. The number of ether oxygens (including phenoxy) is 2. The Hall–Kier alpha value is -2.51. The maximum atomic E-state index is 14.2. The van der Waals surface area contributed by atoms with Gasteiger partial charge in [-0.2, -0.15) is 0 Å². The second-order valence-electron chi connectivity index (χ2n) is 8.87. The van der Waals surface area contributed by atoms with Crippen LogP contribution < -0.4 is 4.74 Å². The fourth-order valence-electron chi connectivity index (χ4n) is 4.93. The third-order valence-electron chi connectivity index (χ3n) is 6.66. The Morgan fingerprint density at radius 3 is 2.76 bits per heavy atom. The molecule has 0 N–H and O–H groups in total. The molecule has 0 radical (unpaired) electrons. The third-order valence-corrected chi connectivity index (χ3v) is 6.66. The summed E-state index contributed by atoms with van der Waals surface area (Å²) in [7, 11) is 1.72. The van der Waals surface area contributed by atoms with Crippen LogP contribution in [0, 0.1) is 11.6 Å². The van der Waals surface area contributed by atoms with Gasteiger partial charge in [-0.1, -0.05) is 12.5 Å². The predicted molar refractivity (Wildman–Crippen MR) is 122 cm³/mol. The molecule has 2 atom stereocenters. The van der Waals surface area contributed by atoms with Gasteiger partial charge < -0.3 is 14.4 Å². The number of nitrogens with zero attached hydrogens (tertiary/aromatic N) is 2. The number of hydrogen-bond donors (Lipinski definition) is 0. The van der Waals surface area contributed by atoms with Gasteiger partial charge in [0.1, 0.15) is 24.0 Å². The maximum Gasteiger partial charge on any atom is 0.254 e. The highest BCUT2D eigenvalue weighted by Crippen LogP contribution is 2.27. The quantitative estimate of drug-likeness (QED) is 0.672. The SMILES string of the molecule is CO[C@@H]1CCCN2C(=O)c3cccc(c3)OCCN(Cc3cc(F)ccc3F)CCCC[C@H]12. The van der Waals surface area contributed by atoms with Crippen LogP contribution in [0.15, 0.2) is 42.5 Å². The molecule has 2 bridgehead atoms. The molecule has 1 amide bonds. The van der Waals surface area contributed by atoms with Crippen LogP contribution in [-0.2, 0) is 11.3 Å². The Kier molecular flexibility index (Phi) is 7.93. The normalized spacial score (nSPS) is 22.9. The second kappa shape index (κ2) is 11.1. The average Bonchev–Trinajstić information content (AvgIpc) is 2.83. The summed E-state index contributed by atoms with van der Waals surface area (Å²) in [6, 6.07) is 10.9. The fraction of sp³-hybridized carbons (Fsp3) is 0.500. The number of benzene rings is 2. The minimum atomic E-state index is -0.436. The van der Waals surface area contributed by atoms with Gasteiger partial charge in [0.25, 0.3) is 5.91 Å². The van der Waals surface area contributed by atoms with Gasteiger partial charge in [0.05, 0.1) is 12.1 Å². The molecule has 2 aromatic carbocycles. The molecule has 33 heavy (non-hydrogen) atoms. The molecular weight excluding hydrogens is 426 g/mol. The van der Waals surface area contributed by atoms with E-state index in [1.54, 1.807) is 13.2 Å². The van der Waals surface area contributed by atoms with Crippen LogP contribution in [0.5, 0.6) is 5.75 Å². The molecule has 1 fully saturated rings. The standard InChI is InChI=1S/C26H32F2N2O3/c1-32-25-9-5-13-30-24(25)8-2-3-12-29(18-20-16-21(27)10-11-23(20)28)14-15-33-22-7-4-6-19(17-22)26(30)31/h4,6-7,10-11,16-17,24-25H,2-3,5,8-9,12-15,18H2,1H3/t24-,25-/m1/s1. The van der Waals surface area contributed by atoms with Gasteiger partial charge in [0, 0.05) is 37.9 Å². The van der Waals surface area contributed by atoms with Crippen molar-refractivity contribution >= 4 is 5.91 Å². The van der Waals surface area contributed by atoms with E-state index in [4.69, 9.17) is 9.47 Å². The minimum absolute atomic E-state index is 0.0208. The zero-order valence-electron chi connectivity index (χ0n) is 19.1. The number of methoxy groups -OCH3 is 1. The zero-order valence-corrected chi connectivity index (χ0v) is 19.1. The molecule has 0 saturated carbocycles. The van der Waals surface area contributed by atoms with E-state index in [2.05, 4.69) is 4.90 Å². The van der Waals surface area contributed by atoms with E-state index in [-0.39, 0.29) is 18.1 Å². The number of rotatable bonds is 3. The van der Waals surface area contributed by atoms with Gasteiger partial charge in [-0.3, -0.25) is 9.69 Å². The van der Waals surface area contributed by atoms with Crippen molar-refractivity contribution in [2.45, 2.75) is 50.8 Å². The maximum absolute atomic E-state index is 14.2. The van der Waals surface area contributed by atoms with Crippen LogP contribution in [0.25, 0.3) is 0 Å². The molecule has 5 nitrogen and oxygen atoms in total. The van der Waals surface area contributed by atoms with Gasteiger partial charge in [-0.25, -0.2) is 8.78 Å². The predicted octanol–water partition coefficient (Wildman–Crippen LogP) is 4.65. The summed E-state index contributed by atoms with van der Waals surface area (Å²) in [5.74, 6) is -0.183. The van der Waals surface area contributed by atoms with Gasteiger partial charge in [-0.05, 0) is 68.6 Å². The van der Waals surface area contributed by atoms with Gasteiger partial charge >= 0.3 is 0 Å². The first-order chi connectivity index (χ1) is 16.0. The molecular formula is C26H32F2N2O3. The number of carbonyl (C=O) groups excluding carboxylic acids is 1. The summed E-state index contributed by atoms with van der Waals surface area (Å²) in [4.78, 5) is 17.4. The summed E-state index contributed by atoms with van der Waals surface area (Å²) in [5.41, 5.74) is 0.964. The number of carbonyl (C=O) groups is 1. The van der Waals surface area contributed by atoms with Crippen molar-refractivity contribution in [3.05, 3.63) is 65.2 Å². The summed E-state index contributed by atoms with van der Waals surface area (Å²) in [6.07, 6.45) is 4.53. The zero-order chi connectivity index (χ0) is 23.2. The lowest BCUT2D eigenvalue weighted by Gasteiger charge is -2.41. The lowest BCUT2D eigenvalue weighted by atomic mass is 9.93. The lowest BCUT2D eigenvalue weighted by molar-refractivity contribution is -0.0156. The molecule has 0 aromatic heterocycles. The highest BCUT2D eigenvalue weighted by molar-refractivity contribution is 5.95. The van der Waals surface area contributed by atoms with Crippen molar-refractivity contribution in [3.8, 4) is 5.75 Å². The first-order valence-electron chi connectivity index (χ1n) is 11.8. The molecule has 0 aliphatic carbocycles. The van der Waals surface area contributed by atoms with E-state index in [9.17, 15) is 13.6 Å². The Morgan fingerprint density at radius 2 is 1.91 bits per heavy atom. The highest BCUT2D eigenvalue weighted by Gasteiger charge is 2.34. The molecule has 2 aromatic rings. The summed E-state index contributed by atoms with van der Waals surface area (Å²) < 4.78 is 39.6. The van der Waals surface area contributed by atoms with E-state index < -0.39 is 11.6 Å². The summed E-state index contributed by atoms with van der Waals surface area (Å²) >= 11 is 0. The molecule has 2 aliphatic heterocycles. The Balaban J connectivity index is 1.55. The van der Waals surface area contributed by atoms with Crippen LogP contribution >= 0.6 is 0 Å². The molecule has 4 rings (SSSR count). The average molecular weight is 459 g/mol. The molecule has 0 unspecified atom stereocenters. The number of halogens is 2. The lowest BCUT2D eigenvalue weighted by Crippen LogP contribution is -2.51. The largest absolute Gasteiger partial charge is 0.492 e. The first-order valence-corrected chi connectivity index (χ1v) is 11.8. The monoisotopic (exact) mass is 458 g/mol. The molecule has 1 saturated heterocycles. The van der Waals surface area contributed by atoms with Crippen molar-refractivity contribution in [1.82, 2.24) is 9.80 Å². The fourth-order valence-corrected chi connectivity index (χ4v) is 4.93. The van der Waals surface area contributed by atoms with Gasteiger partial charge in [0.15, 0.2) is 0 Å². The Bertz CT molecular complexity index is 955. The first kappa shape index (κ1) is 23.6. The van der Waals surface area contributed by atoms with Crippen LogP contribution in [0.4, 0.5) is 8.78 Å². The van der Waals surface area contributed by atoms with Crippen molar-refractivity contribution < 1.29 is 23.0 Å². The minimum Gasteiger partial charge on any atom is -0.492 e. The third kappa shape index (κ3) is 5.89. The van der Waals surface area contributed by atoms with Crippen LogP contribution in [0.2, 0.25) is 0 Å². The summed E-state index contributed by atoms with van der Waals surface area (Å²) in [6.45, 7) is 2.75. The van der Waals surface area contributed by atoms with E-state index in [1.165, 1.54) is 12.1 Å². The Labute approximate surface area is 194 Å². The van der Waals surface area contributed by atoms with Crippen LogP contribution in [-0.4, -0.2) is 61.2 Å². The summed E-state index contributed by atoms with van der Waals surface area (Å²) in [5, 5.41) is 0. The highest BCUT2D eigenvalue weighted by atomic mass is 19.1. The van der Waals surface area contributed by atoms with Crippen LogP contribution in [0.3, 0.4) is 0 Å². The topological polar surface area (TPSA) is 42.0 Å². The smallest absolute Gasteiger partial charge is 0.254 e. The van der Waals surface area contributed by atoms with Crippen molar-refractivity contribution in [1.29, 1.82) is 0 Å². The van der Waals surface area contributed by atoms with E-state index >= 15 is 0 Å². The van der Waals surface area contributed by atoms with Crippen molar-refractivity contribution in [3.63, 3.8) is 0 Å². The van der Waals surface area contributed by atoms with E-state index in [0.717, 1.165) is 51.3 Å². The number of fused-ring (bicyclic) bond motifs is 3. The molecule has 0 spiro atoms. The molecule has 7 heteroatoms. The van der Waals surface area contributed by atoms with E-state index in [1.807, 2.05) is 23.1 Å². The second-order valence-corrected chi connectivity index (χ2v) is 8.87. The molecule has 2 aliphatic rings. The van der Waals surface area contributed by atoms with Gasteiger partial charge in [0.2, 0.25) is 0 Å². The Morgan fingerprint density at radius 1 is 1.03 bits per heavy atom. The van der Waals surface area contributed by atoms with Crippen molar-refractivity contribution in [2.75, 3.05) is 33.4 Å². The molecule has 2 heterocycles. The van der Waals surface area contributed by atoms with Crippen molar-refractivity contribution in [2.24, 2.45) is 0 Å². The van der Waals surface area contributed by atoms with Crippen LogP contribution in [0.1, 0.15) is 48.0 Å². The molecule has 178 valence electrons. The van der Waals surface area contributed by atoms with Gasteiger partial charge in [-0.15, -0.1) is 0 Å². The number of amides is 1.